The Morgan fingerprint density at radius 2 is 1.70 bits per heavy atom. The minimum absolute atomic E-state index is 0.0733. The minimum Gasteiger partial charge on any atom is -0.275 e. The van der Waals surface area contributed by atoms with Crippen molar-refractivity contribution in [2.45, 2.75) is 42.9 Å². The molecule has 1 aromatic carbocycles. The maximum absolute atomic E-state index is 12.3. The van der Waals surface area contributed by atoms with Gasteiger partial charge in [0.1, 0.15) is 6.54 Å². The number of benzene rings is 1. The summed E-state index contributed by atoms with van der Waals surface area (Å²) < 4.78 is 24.6. The van der Waals surface area contributed by atoms with Crippen LogP contribution in [0.2, 0.25) is 0 Å². The van der Waals surface area contributed by atoms with E-state index in [0.717, 1.165) is 23.4 Å². The zero-order valence-electron chi connectivity index (χ0n) is 12.6. The molecule has 2 fully saturated rings. The van der Waals surface area contributed by atoms with Crippen molar-refractivity contribution in [3.05, 3.63) is 29.8 Å². The van der Waals surface area contributed by atoms with Crippen LogP contribution in [0.1, 0.15) is 43.6 Å². The van der Waals surface area contributed by atoms with E-state index < -0.39 is 22.0 Å². The molecule has 1 saturated carbocycles. The van der Waals surface area contributed by atoms with Crippen LogP contribution in [-0.4, -0.2) is 31.9 Å². The fourth-order valence-electron chi connectivity index (χ4n) is 3.07. The van der Waals surface area contributed by atoms with Crippen molar-refractivity contribution in [3.63, 3.8) is 0 Å². The summed E-state index contributed by atoms with van der Waals surface area (Å²) >= 11 is 0. The van der Waals surface area contributed by atoms with Crippen LogP contribution < -0.4 is 10.1 Å². The Morgan fingerprint density at radius 1 is 1.04 bits per heavy atom. The molecule has 0 unspecified atom stereocenters. The van der Waals surface area contributed by atoms with Gasteiger partial charge in [-0.15, -0.1) is 4.83 Å². The number of nitrogens with zero attached hydrogens (tertiary/aromatic N) is 1. The van der Waals surface area contributed by atoms with Crippen molar-refractivity contribution in [1.82, 2.24) is 15.2 Å². The molecule has 7 nitrogen and oxygen atoms in total. The second kappa shape index (κ2) is 6.29. The number of hydrogen-bond donors (Lipinski definition) is 2. The number of carbonyl (C=O) groups is 2. The highest BCUT2D eigenvalue weighted by Gasteiger charge is 2.31. The lowest BCUT2D eigenvalue weighted by atomic mass is 9.84. The number of hydrazine groups is 1. The molecular formula is C15H19N3O4S. The Labute approximate surface area is 135 Å². The fraction of sp³-hybridized carbons (Fsp3) is 0.467. The van der Waals surface area contributed by atoms with Crippen molar-refractivity contribution in [1.29, 1.82) is 0 Å². The van der Waals surface area contributed by atoms with Gasteiger partial charge in [-0.1, -0.05) is 31.4 Å². The fourth-order valence-corrected chi connectivity index (χ4v) is 4.11. The molecule has 124 valence electrons. The molecule has 2 aliphatic rings. The molecule has 1 aromatic rings. The van der Waals surface area contributed by atoms with Crippen molar-refractivity contribution in [2.24, 2.45) is 0 Å². The van der Waals surface area contributed by atoms with Gasteiger partial charge in [-0.05, 0) is 36.5 Å². The highest BCUT2D eigenvalue weighted by Crippen LogP contribution is 2.32. The molecule has 23 heavy (non-hydrogen) atoms. The standard InChI is InChI=1S/C15H19N3O4S/c19-14-10-18(15(20)16-14)17-23(21,22)13-8-6-12(7-9-13)11-4-2-1-3-5-11/h6-9,11,17H,1-5,10H2,(H,16,19,20). The molecule has 2 N–H and O–H groups in total. The molecule has 3 amide bonds. The van der Waals surface area contributed by atoms with Crippen LogP contribution in [0.4, 0.5) is 4.79 Å². The summed E-state index contributed by atoms with van der Waals surface area (Å²) in [4.78, 5) is 24.7. The van der Waals surface area contributed by atoms with E-state index >= 15 is 0 Å². The number of hydrogen-bond acceptors (Lipinski definition) is 4. The van der Waals surface area contributed by atoms with E-state index in [2.05, 4.69) is 4.83 Å². The maximum Gasteiger partial charge on any atom is 0.339 e. The van der Waals surface area contributed by atoms with Gasteiger partial charge in [0.05, 0.1) is 4.90 Å². The topological polar surface area (TPSA) is 95.6 Å². The minimum atomic E-state index is -3.88. The van der Waals surface area contributed by atoms with Crippen molar-refractivity contribution in [3.8, 4) is 0 Å². The van der Waals surface area contributed by atoms with E-state index in [-0.39, 0.29) is 11.4 Å². The summed E-state index contributed by atoms with van der Waals surface area (Å²) in [6.07, 6.45) is 5.97. The number of urea groups is 1. The third-order valence-corrected chi connectivity index (χ3v) is 5.64. The van der Waals surface area contributed by atoms with Crippen LogP contribution in [0.25, 0.3) is 0 Å². The molecule has 0 aromatic heterocycles. The van der Waals surface area contributed by atoms with E-state index in [9.17, 15) is 18.0 Å². The average Bonchev–Trinajstić information content (AvgIpc) is 2.85. The van der Waals surface area contributed by atoms with E-state index in [4.69, 9.17) is 0 Å². The average molecular weight is 337 g/mol. The number of imide groups is 1. The van der Waals surface area contributed by atoms with Crippen LogP contribution in [0, 0.1) is 0 Å². The molecule has 1 saturated heterocycles. The number of rotatable bonds is 4. The first-order chi connectivity index (χ1) is 11.0. The van der Waals surface area contributed by atoms with Gasteiger partial charge >= 0.3 is 6.03 Å². The van der Waals surface area contributed by atoms with Crippen LogP contribution >= 0.6 is 0 Å². The molecule has 1 aliphatic carbocycles. The monoisotopic (exact) mass is 337 g/mol. The molecule has 1 heterocycles. The molecule has 0 spiro atoms. The largest absolute Gasteiger partial charge is 0.339 e. The van der Waals surface area contributed by atoms with E-state index in [1.807, 2.05) is 17.4 Å². The first-order valence-electron chi connectivity index (χ1n) is 7.69. The van der Waals surface area contributed by atoms with E-state index in [0.29, 0.717) is 5.92 Å². The number of carbonyl (C=O) groups excluding carboxylic acids is 2. The molecule has 0 bridgehead atoms. The van der Waals surface area contributed by atoms with Gasteiger partial charge in [0.2, 0.25) is 5.91 Å². The predicted octanol–water partition coefficient (Wildman–Crippen LogP) is 1.48. The van der Waals surface area contributed by atoms with Crippen molar-refractivity contribution >= 4 is 22.0 Å². The Kier molecular flexibility index (Phi) is 4.36. The molecule has 1 aliphatic heterocycles. The predicted molar refractivity (Wildman–Crippen MR) is 82.8 cm³/mol. The second-order valence-corrected chi connectivity index (χ2v) is 7.60. The van der Waals surface area contributed by atoms with Crippen LogP contribution in [0.5, 0.6) is 0 Å². The molecule has 3 rings (SSSR count). The van der Waals surface area contributed by atoms with Gasteiger partial charge in [0.25, 0.3) is 10.0 Å². The first kappa shape index (κ1) is 15.9. The third-order valence-electron chi connectivity index (χ3n) is 4.29. The Bertz CT molecular complexity index is 709. The third kappa shape index (κ3) is 3.53. The van der Waals surface area contributed by atoms with Gasteiger partial charge in [0, 0.05) is 0 Å². The highest BCUT2D eigenvalue weighted by molar-refractivity contribution is 7.89. The summed E-state index contributed by atoms with van der Waals surface area (Å²) in [5.74, 6) is -0.0409. The maximum atomic E-state index is 12.3. The van der Waals surface area contributed by atoms with Crippen LogP contribution in [-0.2, 0) is 14.8 Å². The van der Waals surface area contributed by atoms with Crippen molar-refractivity contribution in [2.75, 3.05) is 6.54 Å². The molecule has 0 radical (unpaired) electrons. The zero-order valence-corrected chi connectivity index (χ0v) is 13.4. The Balaban J connectivity index is 1.72. The lowest BCUT2D eigenvalue weighted by Gasteiger charge is -2.22. The lowest BCUT2D eigenvalue weighted by Crippen LogP contribution is -2.44. The Morgan fingerprint density at radius 3 is 2.26 bits per heavy atom. The Hall–Kier alpha value is -1.93. The van der Waals surface area contributed by atoms with E-state index in [1.54, 1.807) is 12.1 Å². The molecular weight excluding hydrogens is 318 g/mol. The number of nitrogens with one attached hydrogen (secondary N) is 2. The second-order valence-electron chi connectivity index (χ2n) is 5.94. The zero-order chi connectivity index (χ0) is 16.4. The normalized spacial score (nSPS) is 19.9. The van der Waals surface area contributed by atoms with Gasteiger partial charge in [-0.25, -0.2) is 18.2 Å². The van der Waals surface area contributed by atoms with Crippen molar-refractivity contribution < 1.29 is 18.0 Å². The number of sulfonamides is 1. The van der Waals surface area contributed by atoms with Gasteiger partial charge in [-0.2, -0.15) is 0 Å². The lowest BCUT2D eigenvalue weighted by molar-refractivity contribution is -0.118. The number of amides is 3. The first-order valence-corrected chi connectivity index (χ1v) is 9.18. The molecule has 0 atom stereocenters. The van der Waals surface area contributed by atoms with Gasteiger partial charge in [0.15, 0.2) is 0 Å². The van der Waals surface area contributed by atoms with Crippen LogP contribution in [0.15, 0.2) is 29.2 Å². The summed E-state index contributed by atoms with van der Waals surface area (Å²) in [6.45, 7) is -0.321. The SMILES string of the molecule is O=C1CN(NS(=O)(=O)c2ccc(C3CCCCC3)cc2)C(=O)N1. The van der Waals surface area contributed by atoms with E-state index in [1.165, 1.54) is 19.3 Å². The van der Waals surface area contributed by atoms with Crippen LogP contribution in [0.3, 0.4) is 0 Å². The smallest absolute Gasteiger partial charge is 0.275 e. The summed E-state index contributed by atoms with van der Waals surface area (Å²) in [7, 11) is -3.88. The summed E-state index contributed by atoms with van der Waals surface area (Å²) in [6, 6.07) is 5.99. The highest BCUT2D eigenvalue weighted by atomic mass is 32.2. The van der Waals surface area contributed by atoms with Gasteiger partial charge < -0.3 is 0 Å². The molecule has 8 heteroatoms. The summed E-state index contributed by atoms with van der Waals surface area (Å²) in [5.41, 5.74) is 1.15. The summed E-state index contributed by atoms with van der Waals surface area (Å²) in [5, 5.41) is 2.77. The van der Waals surface area contributed by atoms with Gasteiger partial charge in [-0.3, -0.25) is 10.1 Å². The quantitative estimate of drug-likeness (QED) is 0.814.